The van der Waals surface area contributed by atoms with E-state index in [1.54, 1.807) is 12.3 Å². The van der Waals surface area contributed by atoms with Crippen LogP contribution in [0.1, 0.15) is 12.0 Å². The first-order valence-corrected chi connectivity index (χ1v) is 5.42. The van der Waals surface area contributed by atoms with Gasteiger partial charge < -0.3 is 5.32 Å². The Kier molecular flexibility index (Phi) is 3.53. The highest BCUT2D eigenvalue weighted by Gasteiger charge is 1.98. The molecule has 0 atom stereocenters. The molecular weight excluding hydrogens is 214 g/mol. The molecule has 0 radical (unpaired) electrons. The number of hydrogen-bond donors (Lipinski definition) is 2. The highest BCUT2D eigenvalue weighted by Crippen LogP contribution is 2.09. The number of benzene rings is 1. The molecule has 0 aliphatic carbocycles. The van der Waals surface area contributed by atoms with Crippen LogP contribution < -0.4 is 10.9 Å². The van der Waals surface area contributed by atoms with E-state index >= 15 is 0 Å². The maximum absolute atomic E-state index is 11.4. The van der Waals surface area contributed by atoms with E-state index in [2.05, 4.69) is 27.4 Å². The smallest absolute Gasteiger partial charge is 0.272 e. The number of H-pyrrole nitrogens is 1. The number of aromatic amines is 1. The van der Waals surface area contributed by atoms with Crippen LogP contribution in [-0.4, -0.2) is 23.8 Å². The van der Waals surface area contributed by atoms with Crippen molar-refractivity contribution >= 4 is 10.8 Å². The molecule has 17 heavy (non-hydrogen) atoms. The van der Waals surface area contributed by atoms with E-state index in [1.807, 2.05) is 19.2 Å². The van der Waals surface area contributed by atoms with Gasteiger partial charge in [0.2, 0.25) is 0 Å². The summed E-state index contributed by atoms with van der Waals surface area (Å²) in [7, 11) is 1.90. The van der Waals surface area contributed by atoms with Crippen molar-refractivity contribution in [2.45, 2.75) is 6.42 Å². The van der Waals surface area contributed by atoms with E-state index in [9.17, 15) is 4.79 Å². The van der Waals surface area contributed by atoms with Crippen LogP contribution in [0.4, 0.5) is 0 Å². The third-order valence-electron chi connectivity index (χ3n) is 2.40. The van der Waals surface area contributed by atoms with Crippen LogP contribution in [0.15, 0.2) is 29.2 Å². The second kappa shape index (κ2) is 5.28. The van der Waals surface area contributed by atoms with Gasteiger partial charge in [-0.1, -0.05) is 11.8 Å². The SMILES string of the molecule is CNCCC#Cc1ccc2c(=O)[nH]ncc2c1. The molecule has 0 aliphatic heterocycles. The summed E-state index contributed by atoms with van der Waals surface area (Å²) in [5, 5.41) is 10.7. The third-order valence-corrected chi connectivity index (χ3v) is 2.40. The quantitative estimate of drug-likeness (QED) is 0.591. The Morgan fingerprint density at radius 3 is 3.18 bits per heavy atom. The van der Waals surface area contributed by atoms with Gasteiger partial charge in [0.15, 0.2) is 0 Å². The number of rotatable bonds is 2. The minimum atomic E-state index is -0.169. The lowest BCUT2D eigenvalue weighted by Gasteiger charge is -1.96. The molecule has 2 aromatic rings. The number of nitrogens with zero attached hydrogens (tertiary/aromatic N) is 1. The van der Waals surface area contributed by atoms with Crippen LogP contribution in [0.3, 0.4) is 0 Å². The molecule has 0 saturated heterocycles. The molecule has 0 unspecified atom stereocenters. The molecule has 4 nitrogen and oxygen atoms in total. The lowest BCUT2D eigenvalue weighted by molar-refractivity contribution is 0.818. The molecule has 4 heteroatoms. The van der Waals surface area contributed by atoms with Crippen molar-refractivity contribution in [2.24, 2.45) is 0 Å². The Balaban J connectivity index is 2.31. The fourth-order valence-corrected chi connectivity index (χ4v) is 1.53. The molecule has 0 fully saturated rings. The van der Waals surface area contributed by atoms with E-state index in [-0.39, 0.29) is 5.56 Å². The highest BCUT2D eigenvalue weighted by molar-refractivity contribution is 5.81. The molecule has 1 aromatic carbocycles. The van der Waals surface area contributed by atoms with Crippen LogP contribution in [-0.2, 0) is 0 Å². The molecule has 0 spiro atoms. The van der Waals surface area contributed by atoms with Crippen molar-refractivity contribution in [3.63, 3.8) is 0 Å². The summed E-state index contributed by atoms with van der Waals surface area (Å²) < 4.78 is 0. The first kappa shape index (κ1) is 11.4. The fraction of sp³-hybridized carbons (Fsp3) is 0.231. The zero-order chi connectivity index (χ0) is 12.1. The van der Waals surface area contributed by atoms with E-state index in [0.717, 1.165) is 23.9 Å². The van der Waals surface area contributed by atoms with Gasteiger partial charge in [0.05, 0.1) is 11.6 Å². The van der Waals surface area contributed by atoms with Crippen LogP contribution in [0.25, 0.3) is 10.8 Å². The Morgan fingerprint density at radius 2 is 2.35 bits per heavy atom. The molecule has 2 rings (SSSR count). The fourth-order valence-electron chi connectivity index (χ4n) is 1.53. The van der Waals surface area contributed by atoms with Gasteiger partial charge in [-0.05, 0) is 25.2 Å². The second-order valence-electron chi connectivity index (χ2n) is 3.66. The average Bonchev–Trinajstić information content (AvgIpc) is 2.35. The van der Waals surface area contributed by atoms with Crippen molar-refractivity contribution in [1.82, 2.24) is 15.5 Å². The van der Waals surface area contributed by atoms with Crippen LogP contribution in [0, 0.1) is 11.8 Å². The van der Waals surface area contributed by atoms with Crippen molar-refractivity contribution in [1.29, 1.82) is 0 Å². The molecule has 1 heterocycles. The van der Waals surface area contributed by atoms with E-state index in [4.69, 9.17) is 0 Å². The lowest BCUT2D eigenvalue weighted by atomic mass is 10.1. The monoisotopic (exact) mass is 227 g/mol. The van der Waals surface area contributed by atoms with E-state index in [1.165, 1.54) is 0 Å². The predicted octanol–water partition coefficient (Wildman–Crippen LogP) is 0.884. The molecule has 0 amide bonds. The van der Waals surface area contributed by atoms with Gasteiger partial charge in [-0.15, -0.1) is 0 Å². The zero-order valence-electron chi connectivity index (χ0n) is 9.58. The summed E-state index contributed by atoms with van der Waals surface area (Å²) >= 11 is 0. The minimum Gasteiger partial charge on any atom is -0.319 e. The number of nitrogens with one attached hydrogen (secondary N) is 2. The Bertz CT molecular complexity index is 634. The largest absolute Gasteiger partial charge is 0.319 e. The normalized spacial score (nSPS) is 9.94. The molecule has 86 valence electrons. The zero-order valence-corrected chi connectivity index (χ0v) is 9.58. The second-order valence-corrected chi connectivity index (χ2v) is 3.66. The highest BCUT2D eigenvalue weighted by atomic mass is 16.1. The third kappa shape index (κ3) is 2.71. The number of aromatic nitrogens is 2. The maximum atomic E-state index is 11.4. The molecule has 0 bridgehead atoms. The van der Waals surface area contributed by atoms with Gasteiger partial charge in [-0.3, -0.25) is 4.79 Å². The molecule has 1 aromatic heterocycles. The van der Waals surface area contributed by atoms with Gasteiger partial charge in [-0.2, -0.15) is 5.10 Å². The van der Waals surface area contributed by atoms with Gasteiger partial charge >= 0.3 is 0 Å². The lowest BCUT2D eigenvalue weighted by Crippen LogP contribution is -2.07. The van der Waals surface area contributed by atoms with Crippen LogP contribution in [0.5, 0.6) is 0 Å². The van der Waals surface area contributed by atoms with Crippen molar-refractivity contribution in [2.75, 3.05) is 13.6 Å². The first-order valence-electron chi connectivity index (χ1n) is 5.42. The van der Waals surface area contributed by atoms with Gasteiger partial charge in [-0.25, -0.2) is 5.10 Å². The summed E-state index contributed by atoms with van der Waals surface area (Å²) in [6, 6.07) is 5.51. The standard InChI is InChI=1S/C13H13N3O/c1-14-7-3-2-4-10-5-6-12-11(8-10)9-15-16-13(12)17/h5-6,8-9,14H,3,7H2,1H3,(H,16,17). The molecule has 0 aliphatic rings. The summed E-state index contributed by atoms with van der Waals surface area (Å²) in [6.45, 7) is 0.877. The summed E-state index contributed by atoms with van der Waals surface area (Å²) in [6.07, 6.45) is 2.44. The predicted molar refractivity (Wildman–Crippen MR) is 67.8 cm³/mol. The summed E-state index contributed by atoms with van der Waals surface area (Å²) in [4.78, 5) is 11.4. The van der Waals surface area contributed by atoms with E-state index < -0.39 is 0 Å². The summed E-state index contributed by atoms with van der Waals surface area (Å²) in [5.41, 5.74) is 0.734. The number of fused-ring (bicyclic) bond motifs is 1. The van der Waals surface area contributed by atoms with Crippen molar-refractivity contribution in [3.05, 3.63) is 40.3 Å². The minimum absolute atomic E-state index is 0.169. The Hall–Kier alpha value is -2.12. The first-order chi connectivity index (χ1) is 8.31. The van der Waals surface area contributed by atoms with Crippen molar-refractivity contribution in [3.8, 4) is 11.8 Å². The molecule has 2 N–H and O–H groups in total. The van der Waals surface area contributed by atoms with Crippen LogP contribution >= 0.6 is 0 Å². The van der Waals surface area contributed by atoms with Gasteiger partial charge in [0.1, 0.15) is 0 Å². The molecule has 0 saturated carbocycles. The van der Waals surface area contributed by atoms with E-state index in [0.29, 0.717) is 5.39 Å². The average molecular weight is 227 g/mol. The maximum Gasteiger partial charge on any atom is 0.272 e. The van der Waals surface area contributed by atoms with Gasteiger partial charge in [0.25, 0.3) is 5.56 Å². The van der Waals surface area contributed by atoms with Crippen LogP contribution in [0.2, 0.25) is 0 Å². The summed E-state index contributed by atoms with van der Waals surface area (Å²) in [5.74, 6) is 6.12. The van der Waals surface area contributed by atoms with Gasteiger partial charge in [0, 0.05) is 23.9 Å². The topological polar surface area (TPSA) is 57.8 Å². The Morgan fingerprint density at radius 1 is 1.47 bits per heavy atom. The molecular formula is C13H13N3O. The van der Waals surface area contributed by atoms with Crippen molar-refractivity contribution < 1.29 is 0 Å². The Labute approximate surface area is 99.1 Å². The number of hydrogen-bond acceptors (Lipinski definition) is 3.